The van der Waals surface area contributed by atoms with Crippen LogP contribution in [0.3, 0.4) is 0 Å². The smallest absolute Gasteiger partial charge is 0.360 e. The van der Waals surface area contributed by atoms with Gasteiger partial charge in [-0.2, -0.15) is 0 Å². The molecule has 1 unspecified atom stereocenters. The Bertz CT molecular complexity index is 756. The Balaban J connectivity index is 2.22. The number of hydrogen-bond acceptors (Lipinski definition) is 2. The van der Waals surface area contributed by atoms with Gasteiger partial charge in [-0.1, -0.05) is 39.7 Å². The van der Waals surface area contributed by atoms with Gasteiger partial charge < -0.3 is 4.52 Å². The van der Waals surface area contributed by atoms with Gasteiger partial charge in [0.1, 0.15) is 5.75 Å². The first-order valence-corrected chi connectivity index (χ1v) is 9.49. The summed E-state index contributed by atoms with van der Waals surface area (Å²) in [5.41, 5.74) is 2.45. The third kappa shape index (κ3) is 2.82. The molecule has 102 valence electrons. The molecule has 3 rings (SSSR count). The Morgan fingerprint density at radius 2 is 1.80 bits per heavy atom. The minimum atomic E-state index is -3.31. The van der Waals surface area contributed by atoms with Crippen LogP contribution < -0.4 is 4.52 Å². The summed E-state index contributed by atoms with van der Waals surface area (Å²) < 4.78 is 18.5. The predicted molar refractivity (Wildman–Crippen MR) is 86.8 cm³/mol. The van der Waals surface area contributed by atoms with E-state index in [0.29, 0.717) is 10.8 Å². The van der Waals surface area contributed by atoms with E-state index in [1.165, 1.54) is 5.82 Å². The van der Waals surface area contributed by atoms with Crippen molar-refractivity contribution < 1.29 is 9.09 Å². The van der Waals surface area contributed by atoms with Gasteiger partial charge in [-0.05, 0) is 47.1 Å². The second-order valence-electron chi connectivity index (χ2n) is 4.30. The molecule has 1 aliphatic heterocycles. The summed E-state index contributed by atoms with van der Waals surface area (Å²) in [6.07, 6.45) is 0. The zero-order chi connectivity index (χ0) is 14.3. The highest BCUT2D eigenvalue weighted by Crippen LogP contribution is 2.60. The molecule has 0 bridgehead atoms. The van der Waals surface area contributed by atoms with Crippen molar-refractivity contribution in [2.45, 2.75) is 0 Å². The maximum absolute atomic E-state index is 12.2. The van der Waals surface area contributed by atoms with Crippen LogP contribution in [0.5, 0.6) is 5.75 Å². The van der Waals surface area contributed by atoms with Crippen LogP contribution in [0.4, 0.5) is 0 Å². The molecule has 0 aromatic heterocycles. The first-order valence-electron chi connectivity index (χ1n) is 5.72. The highest BCUT2D eigenvalue weighted by Gasteiger charge is 2.28. The number of hydrogen-bond donors (Lipinski definition) is 0. The van der Waals surface area contributed by atoms with Gasteiger partial charge in [0.15, 0.2) is 0 Å². The van der Waals surface area contributed by atoms with Crippen LogP contribution in [0.25, 0.3) is 5.57 Å². The molecule has 1 aliphatic rings. The monoisotopic (exact) mass is 388 g/mol. The van der Waals surface area contributed by atoms with E-state index in [1.807, 2.05) is 24.3 Å². The van der Waals surface area contributed by atoms with Crippen molar-refractivity contribution in [3.63, 3.8) is 0 Å². The second-order valence-corrected chi connectivity index (χ2v) is 8.55. The van der Waals surface area contributed by atoms with Crippen LogP contribution in [0.2, 0.25) is 5.02 Å². The lowest BCUT2D eigenvalue weighted by atomic mass is 9.99. The Hall–Kier alpha value is -0.730. The SMILES string of the molecule is O=P1(Cl)C=C(c2ccc(Br)cc2)c2cc(Cl)ccc2O1. The van der Waals surface area contributed by atoms with Gasteiger partial charge in [0.2, 0.25) is 0 Å². The number of halogens is 3. The van der Waals surface area contributed by atoms with Crippen molar-refractivity contribution in [3.8, 4) is 5.75 Å². The van der Waals surface area contributed by atoms with Crippen molar-refractivity contribution in [3.05, 3.63) is 68.9 Å². The van der Waals surface area contributed by atoms with Gasteiger partial charge in [0.05, 0.1) is 0 Å². The van der Waals surface area contributed by atoms with Crippen molar-refractivity contribution >= 4 is 51.1 Å². The minimum absolute atomic E-state index is 0.480. The van der Waals surface area contributed by atoms with Crippen LogP contribution in [-0.4, -0.2) is 0 Å². The minimum Gasteiger partial charge on any atom is -0.429 e. The molecular formula is C14H8BrCl2O2P. The van der Waals surface area contributed by atoms with Gasteiger partial charge in [0.25, 0.3) is 0 Å². The zero-order valence-electron chi connectivity index (χ0n) is 10.0. The predicted octanol–water partition coefficient (Wildman–Crippen LogP) is 6.32. The summed E-state index contributed by atoms with van der Waals surface area (Å²) >= 11 is 15.4. The van der Waals surface area contributed by atoms with Crippen molar-refractivity contribution in [2.24, 2.45) is 0 Å². The molecule has 0 spiro atoms. The summed E-state index contributed by atoms with van der Waals surface area (Å²) in [7, 11) is 0. The molecule has 0 fully saturated rings. The van der Waals surface area contributed by atoms with Gasteiger partial charge in [0, 0.05) is 26.4 Å². The Morgan fingerprint density at radius 3 is 2.50 bits per heavy atom. The molecule has 0 saturated heterocycles. The molecule has 20 heavy (non-hydrogen) atoms. The highest BCUT2D eigenvalue weighted by atomic mass is 79.9. The van der Waals surface area contributed by atoms with E-state index in [-0.39, 0.29) is 0 Å². The molecule has 2 aromatic carbocycles. The Labute approximate surface area is 134 Å². The summed E-state index contributed by atoms with van der Waals surface area (Å²) in [6, 6.07) is 12.8. The van der Waals surface area contributed by atoms with E-state index < -0.39 is 6.72 Å². The number of rotatable bonds is 1. The quantitative estimate of drug-likeness (QED) is 0.533. The van der Waals surface area contributed by atoms with Crippen LogP contribution >= 0.6 is 45.5 Å². The third-order valence-electron chi connectivity index (χ3n) is 2.89. The van der Waals surface area contributed by atoms with Gasteiger partial charge >= 0.3 is 6.72 Å². The second kappa shape index (κ2) is 5.23. The fourth-order valence-corrected chi connectivity index (χ4v) is 4.06. The number of benzene rings is 2. The molecule has 6 heteroatoms. The molecule has 0 amide bonds. The number of fused-ring (bicyclic) bond motifs is 1. The highest BCUT2D eigenvalue weighted by molar-refractivity contribution is 9.10. The van der Waals surface area contributed by atoms with E-state index in [4.69, 9.17) is 27.4 Å². The van der Waals surface area contributed by atoms with E-state index in [9.17, 15) is 4.57 Å². The van der Waals surface area contributed by atoms with E-state index in [0.717, 1.165) is 21.2 Å². The van der Waals surface area contributed by atoms with Gasteiger partial charge in [-0.15, -0.1) is 0 Å². The third-order valence-corrected chi connectivity index (χ3v) is 5.17. The lowest BCUT2D eigenvalue weighted by molar-refractivity contribution is 0.504. The maximum atomic E-state index is 12.2. The summed E-state index contributed by atoms with van der Waals surface area (Å²) in [5, 5.41) is 0.585. The molecule has 2 nitrogen and oxygen atoms in total. The summed E-state index contributed by atoms with van der Waals surface area (Å²) in [5.74, 6) is 1.95. The maximum Gasteiger partial charge on any atom is 0.360 e. The average Bonchev–Trinajstić information content (AvgIpc) is 2.39. The first kappa shape index (κ1) is 14.2. The van der Waals surface area contributed by atoms with Crippen LogP contribution in [0, 0.1) is 0 Å². The Kier molecular flexibility index (Phi) is 3.72. The molecule has 0 N–H and O–H groups in total. The molecule has 0 saturated carbocycles. The topological polar surface area (TPSA) is 26.3 Å². The summed E-state index contributed by atoms with van der Waals surface area (Å²) in [6.45, 7) is -3.31. The van der Waals surface area contributed by atoms with E-state index in [2.05, 4.69) is 15.9 Å². The first-order chi connectivity index (χ1) is 9.44. The zero-order valence-corrected chi connectivity index (χ0v) is 14.0. The standard InChI is InChI=1S/C14H8BrCl2O2P/c15-10-3-1-9(2-4-10)13-8-20(17,18)19-14-6-5-11(16)7-12(13)14/h1-8H. The lowest BCUT2D eigenvalue weighted by Crippen LogP contribution is -1.99. The molecule has 0 aliphatic carbocycles. The average molecular weight is 390 g/mol. The van der Waals surface area contributed by atoms with E-state index >= 15 is 0 Å². The molecular weight excluding hydrogens is 382 g/mol. The van der Waals surface area contributed by atoms with Gasteiger partial charge in [-0.3, -0.25) is 4.57 Å². The largest absolute Gasteiger partial charge is 0.429 e. The Morgan fingerprint density at radius 1 is 1.10 bits per heavy atom. The van der Waals surface area contributed by atoms with Gasteiger partial charge in [-0.25, -0.2) is 0 Å². The molecule has 0 radical (unpaired) electrons. The van der Waals surface area contributed by atoms with E-state index in [1.54, 1.807) is 18.2 Å². The molecule has 1 atom stereocenters. The van der Waals surface area contributed by atoms with Crippen molar-refractivity contribution in [1.82, 2.24) is 0 Å². The lowest BCUT2D eigenvalue weighted by Gasteiger charge is -2.22. The van der Waals surface area contributed by atoms with Crippen molar-refractivity contribution in [1.29, 1.82) is 0 Å². The normalized spacial score (nSPS) is 20.9. The van der Waals surface area contributed by atoms with Crippen molar-refractivity contribution in [2.75, 3.05) is 0 Å². The fourth-order valence-electron chi connectivity index (χ4n) is 2.04. The molecule has 2 aromatic rings. The molecule has 1 heterocycles. The van der Waals surface area contributed by atoms with Crippen LogP contribution in [0.1, 0.15) is 11.1 Å². The fraction of sp³-hybridized carbons (Fsp3) is 0. The summed E-state index contributed by atoms with van der Waals surface area (Å²) in [4.78, 5) is 0. The van der Waals surface area contributed by atoms with Crippen LogP contribution in [0.15, 0.2) is 52.8 Å². The van der Waals surface area contributed by atoms with Crippen LogP contribution in [-0.2, 0) is 4.57 Å².